The van der Waals surface area contributed by atoms with Gasteiger partial charge in [0, 0.05) is 11.9 Å². The van der Waals surface area contributed by atoms with Crippen molar-refractivity contribution in [2.45, 2.75) is 6.42 Å². The van der Waals surface area contributed by atoms with Crippen molar-refractivity contribution in [3.63, 3.8) is 0 Å². The van der Waals surface area contributed by atoms with Crippen molar-refractivity contribution in [2.24, 2.45) is 0 Å². The van der Waals surface area contributed by atoms with Crippen LogP contribution in [0.15, 0.2) is 47.1 Å². The summed E-state index contributed by atoms with van der Waals surface area (Å²) in [4.78, 5) is 8.49. The van der Waals surface area contributed by atoms with Crippen molar-refractivity contribution in [3.05, 3.63) is 54.1 Å². The summed E-state index contributed by atoms with van der Waals surface area (Å²) in [7, 11) is 1.49. The van der Waals surface area contributed by atoms with E-state index in [1.807, 2.05) is 18.2 Å². The number of rotatable bonds is 4. The van der Waals surface area contributed by atoms with Crippen molar-refractivity contribution in [1.29, 1.82) is 0 Å². The molecule has 0 aliphatic heterocycles. The first-order chi connectivity index (χ1) is 10.3. The molecule has 0 bridgehead atoms. The monoisotopic (exact) mass is 283 g/mol. The van der Waals surface area contributed by atoms with Crippen LogP contribution in [0.4, 0.5) is 0 Å². The van der Waals surface area contributed by atoms with Gasteiger partial charge in [-0.25, -0.2) is 0 Å². The lowest BCUT2D eigenvalue weighted by Crippen LogP contribution is -1.93. The predicted molar refractivity (Wildman–Crippen MR) is 75.0 cm³/mol. The van der Waals surface area contributed by atoms with E-state index in [0.717, 1.165) is 5.69 Å². The third-order valence-corrected chi connectivity index (χ3v) is 2.98. The summed E-state index contributed by atoms with van der Waals surface area (Å²) in [5, 5.41) is 14.0. The Kier molecular flexibility index (Phi) is 3.51. The molecule has 2 aromatic heterocycles. The highest BCUT2D eigenvalue weighted by Crippen LogP contribution is 2.35. The maximum absolute atomic E-state index is 10.1. The summed E-state index contributed by atoms with van der Waals surface area (Å²) in [5.74, 6) is 1.09. The fraction of sp³-hybridized carbons (Fsp3) is 0.133. The maximum atomic E-state index is 10.1. The van der Waals surface area contributed by atoms with E-state index in [-0.39, 0.29) is 11.6 Å². The van der Waals surface area contributed by atoms with Crippen LogP contribution >= 0.6 is 0 Å². The molecule has 106 valence electrons. The highest BCUT2D eigenvalue weighted by atomic mass is 16.5. The van der Waals surface area contributed by atoms with Gasteiger partial charge in [0.25, 0.3) is 5.89 Å². The lowest BCUT2D eigenvalue weighted by molar-refractivity contribution is 0.371. The Morgan fingerprint density at radius 2 is 2.10 bits per heavy atom. The molecule has 6 nitrogen and oxygen atoms in total. The average molecular weight is 283 g/mol. The van der Waals surface area contributed by atoms with Crippen LogP contribution in [0.2, 0.25) is 0 Å². The van der Waals surface area contributed by atoms with Gasteiger partial charge in [-0.15, -0.1) is 0 Å². The van der Waals surface area contributed by atoms with Gasteiger partial charge >= 0.3 is 0 Å². The normalized spacial score (nSPS) is 10.5. The third kappa shape index (κ3) is 2.69. The SMILES string of the molecule is COc1cccc(-c2nc(Cc3ccccn3)no2)c1O. The van der Waals surface area contributed by atoms with Gasteiger partial charge in [0.05, 0.1) is 19.1 Å². The molecule has 0 spiro atoms. The number of benzene rings is 1. The Morgan fingerprint density at radius 1 is 1.19 bits per heavy atom. The second-order valence-corrected chi connectivity index (χ2v) is 4.37. The first kappa shape index (κ1) is 13.1. The molecule has 0 unspecified atom stereocenters. The minimum absolute atomic E-state index is 0.0203. The molecule has 0 saturated heterocycles. The van der Waals surface area contributed by atoms with Crippen LogP contribution in [-0.4, -0.2) is 27.3 Å². The lowest BCUT2D eigenvalue weighted by atomic mass is 10.2. The lowest BCUT2D eigenvalue weighted by Gasteiger charge is -2.04. The van der Waals surface area contributed by atoms with Crippen LogP contribution in [0.5, 0.6) is 11.5 Å². The van der Waals surface area contributed by atoms with E-state index < -0.39 is 0 Å². The molecule has 0 atom stereocenters. The van der Waals surface area contributed by atoms with E-state index in [4.69, 9.17) is 9.26 Å². The van der Waals surface area contributed by atoms with E-state index in [1.54, 1.807) is 24.4 Å². The summed E-state index contributed by atoms with van der Waals surface area (Å²) >= 11 is 0. The molecule has 3 aromatic rings. The van der Waals surface area contributed by atoms with Gasteiger partial charge in [-0.3, -0.25) is 4.98 Å². The Labute approximate surface area is 121 Å². The molecule has 0 amide bonds. The molecule has 0 aliphatic rings. The van der Waals surface area contributed by atoms with E-state index >= 15 is 0 Å². The second kappa shape index (κ2) is 5.62. The van der Waals surface area contributed by atoms with Gasteiger partial charge in [0.15, 0.2) is 17.3 Å². The van der Waals surface area contributed by atoms with E-state index in [1.165, 1.54) is 7.11 Å². The molecule has 1 N–H and O–H groups in total. The number of pyridine rings is 1. The van der Waals surface area contributed by atoms with Crippen LogP contribution in [0.3, 0.4) is 0 Å². The zero-order chi connectivity index (χ0) is 14.7. The van der Waals surface area contributed by atoms with Crippen molar-refractivity contribution in [2.75, 3.05) is 7.11 Å². The van der Waals surface area contributed by atoms with Crippen LogP contribution in [-0.2, 0) is 6.42 Å². The molecule has 1 aromatic carbocycles. The number of ether oxygens (including phenoxy) is 1. The first-order valence-corrected chi connectivity index (χ1v) is 6.37. The molecular formula is C15H13N3O3. The van der Waals surface area contributed by atoms with E-state index in [2.05, 4.69) is 15.1 Å². The summed E-state index contributed by atoms with van der Waals surface area (Å²) < 4.78 is 10.3. The number of nitrogens with zero attached hydrogens (tertiary/aromatic N) is 3. The molecular weight excluding hydrogens is 270 g/mol. The number of para-hydroxylation sites is 1. The average Bonchev–Trinajstić information content (AvgIpc) is 2.97. The van der Waals surface area contributed by atoms with Crippen molar-refractivity contribution in [1.82, 2.24) is 15.1 Å². The zero-order valence-electron chi connectivity index (χ0n) is 11.4. The molecule has 0 aliphatic carbocycles. The van der Waals surface area contributed by atoms with Gasteiger partial charge < -0.3 is 14.4 Å². The Bertz CT molecular complexity index is 741. The molecule has 6 heteroatoms. The fourth-order valence-corrected chi connectivity index (χ4v) is 1.96. The highest BCUT2D eigenvalue weighted by Gasteiger charge is 2.16. The van der Waals surface area contributed by atoms with Crippen molar-refractivity contribution in [3.8, 4) is 23.0 Å². The Morgan fingerprint density at radius 3 is 2.86 bits per heavy atom. The van der Waals surface area contributed by atoms with Crippen LogP contribution in [0, 0.1) is 0 Å². The van der Waals surface area contributed by atoms with Crippen molar-refractivity contribution < 1.29 is 14.4 Å². The van der Waals surface area contributed by atoms with E-state index in [9.17, 15) is 5.11 Å². The minimum Gasteiger partial charge on any atom is -0.504 e. The number of phenolic OH excluding ortho intramolecular Hbond substituents is 1. The van der Waals surface area contributed by atoms with E-state index in [0.29, 0.717) is 23.6 Å². The van der Waals surface area contributed by atoms with Crippen LogP contribution in [0.1, 0.15) is 11.5 Å². The third-order valence-electron chi connectivity index (χ3n) is 2.98. The summed E-state index contributed by atoms with van der Waals surface area (Å²) in [6, 6.07) is 10.7. The maximum Gasteiger partial charge on any atom is 0.261 e. The molecule has 0 fully saturated rings. The van der Waals surface area contributed by atoms with Crippen molar-refractivity contribution >= 4 is 0 Å². The molecule has 21 heavy (non-hydrogen) atoms. The number of phenols is 1. The Hall–Kier alpha value is -2.89. The predicted octanol–water partition coefficient (Wildman–Crippen LogP) is 2.44. The van der Waals surface area contributed by atoms with Gasteiger partial charge in [-0.2, -0.15) is 4.98 Å². The zero-order valence-corrected chi connectivity index (χ0v) is 11.4. The van der Waals surface area contributed by atoms with Gasteiger partial charge in [0.2, 0.25) is 0 Å². The van der Waals surface area contributed by atoms with Gasteiger partial charge in [0.1, 0.15) is 0 Å². The topological polar surface area (TPSA) is 81.3 Å². The molecule has 0 saturated carbocycles. The first-order valence-electron chi connectivity index (χ1n) is 6.37. The van der Waals surface area contributed by atoms with Crippen LogP contribution < -0.4 is 4.74 Å². The number of hydrogen-bond acceptors (Lipinski definition) is 6. The smallest absolute Gasteiger partial charge is 0.261 e. The highest BCUT2D eigenvalue weighted by molar-refractivity contribution is 5.66. The van der Waals surface area contributed by atoms with Gasteiger partial charge in [-0.05, 0) is 24.3 Å². The number of aromatic hydroxyl groups is 1. The summed E-state index contributed by atoms with van der Waals surface area (Å²) in [5.41, 5.74) is 1.29. The number of aromatic nitrogens is 3. The fourth-order valence-electron chi connectivity index (χ4n) is 1.96. The summed E-state index contributed by atoms with van der Waals surface area (Å²) in [6.07, 6.45) is 2.18. The van der Waals surface area contributed by atoms with Crippen LogP contribution in [0.25, 0.3) is 11.5 Å². The molecule has 2 heterocycles. The standard InChI is InChI=1S/C15H13N3O3/c1-20-12-7-4-6-11(14(12)19)15-17-13(18-21-15)9-10-5-2-3-8-16-10/h2-8,19H,9H2,1H3. The minimum atomic E-state index is -0.0203. The largest absolute Gasteiger partial charge is 0.504 e. The number of hydrogen-bond donors (Lipinski definition) is 1. The quantitative estimate of drug-likeness (QED) is 0.792. The van der Waals surface area contributed by atoms with Gasteiger partial charge in [-0.1, -0.05) is 17.3 Å². The summed E-state index contributed by atoms with van der Waals surface area (Å²) in [6.45, 7) is 0. The Balaban J connectivity index is 1.88. The molecule has 0 radical (unpaired) electrons. The number of methoxy groups -OCH3 is 1. The molecule has 3 rings (SSSR count). The second-order valence-electron chi connectivity index (χ2n) is 4.37.